The van der Waals surface area contributed by atoms with Crippen LogP contribution in [0.25, 0.3) is 0 Å². The predicted molar refractivity (Wildman–Crippen MR) is 67.2 cm³/mol. The van der Waals surface area contributed by atoms with Gasteiger partial charge in [-0.05, 0) is 19.3 Å². The number of ether oxygens (including phenoxy) is 1. The van der Waals surface area contributed by atoms with Crippen LogP contribution in [-0.4, -0.2) is 36.4 Å². The quantitative estimate of drug-likeness (QED) is 0.581. The number of amides is 3. The Morgan fingerprint density at radius 2 is 1.78 bits per heavy atom. The zero-order valence-electron chi connectivity index (χ0n) is 11.0. The van der Waals surface area contributed by atoms with Crippen molar-refractivity contribution in [1.29, 1.82) is 0 Å². The molecule has 2 atom stereocenters. The molecule has 0 fully saturated rings. The molecule has 0 aliphatic heterocycles. The van der Waals surface area contributed by atoms with Crippen molar-refractivity contribution in [2.75, 3.05) is 7.11 Å². The molecule has 0 bridgehead atoms. The normalized spacial score (nSPS) is 13.7. The number of imide groups is 1. The van der Waals surface area contributed by atoms with E-state index in [0.717, 1.165) is 0 Å². The van der Waals surface area contributed by atoms with Gasteiger partial charge in [-0.3, -0.25) is 10.1 Å². The summed E-state index contributed by atoms with van der Waals surface area (Å²) in [5, 5.41) is 3.59. The van der Waals surface area contributed by atoms with Crippen LogP contribution in [0.5, 0.6) is 0 Å². The lowest BCUT2D eigenvalue weighted by Crippen LogP contribution is -2.49. The highest BCUT2D eigenvalue weighted by Gasteiger charge is 2.23. The van der Waals surface area contributed by atoms with E-state index in [1.807, 2.05) is 19.2 Å². The largest absolute Gasteiger partial charge is 0.467 e. The monoisotopic (exact) mass is 278 g/mol. The van der Waals surface area contributed by atoms with Gasteiger partial charge >= 0.3 is 12.0 Å². The Bertz CT molecular complexity index is 318. The van der Waals surface area contributed by atoms with E-state index in [0.29, 0.717) is 6.42 Å². The van der Waals surface area contributed by atoms with Gasteiger partial charge in [0.15, 0.2) is 0 Å². The summed E-state index contributed by atoms with van der Waals surface area (Å²) in [5.41, 5.74) is 0. The van der Waals surface area contributed by atoms with Gasteiger partial charge in [-0.15, -0.1) is 11.6 Å². The number of methoxy groups -OCH3 is 1. The van der Waals surface area contributed by atoms with E-state index in [1.54, 1.807) is 0 Å². The molecule has 0 spiro atoms. The first-order chi connectivity index (χ1) is 8.27. The summed E-state index contributed by atoms with van der Waals surface area (Å²) < 4.78 is 4.57. The number of halogens is 1. The summed E-state index contributed by atoms with van der Waals surface area (Å²) in [5.74, 6) is -0.982. The van der Waals surface area contributed by atoms with Crippen LogP contribution < -0.4 is 10.6 Å². The summed E-state index contributed by atoms with van der Waals surface area (Å²) in [6.45, 7) is 5.25. The standard InChI is InChI=1S/C11H19ClN2O4/c1-6(2)5-8(10(16)18-4)13-11(17)14-9(15)7(3)12/h6-8H,5H2,1-4H3,(H2,13,14,15,17). The van der Waals surface area contributed by atoms with Crippen molar-refractivity contribution in [3.63, 3.8) is 0 Å². The van der Waals surface area contributed by atoms with Crippen LogP contribution in [0.2, 0.25) is 0 Å². The van der Waals surface area contributed by atoms with Gasteiger partial charge in [0.25, 0.3) is 0 Å². The highest BCUT2D eigenvalue weighted by Crippen LogP contribution is 2.06. The van der Waals surface area contributed by atoms with Gasteiger partial charge in [-0.1, -0.05) is 13.8 Å². The Hall–Kier alpha value is -1.30. The second-order valence-electron chi connectivity index (χ2n) is 4.28. The molecular weight excluding hydrogens is 260 g/mol. The van der Waals surface area contributed by atoms with E-state index in [-0.39, 0.29) is 5.92 Å². The van der Waals surface area contributed by atoms with E-state index in [9.17, 15) is 14.4 Å². The van der Waals surface area contributed by atoms with Crippen molar-refractivity contribution in [2.45, 2.75) is 38.6 Å². The van der Waals surface area contributed by atoms with Crippen molar-refractivity contribution in [2.24, 2.45) is 5.92 Å². The Morgan fingerprint density at radius 3 is 2.17 bits per heavy atom. The number of carbonyl (C=O) groups is 3. The van der Waals surface area contributed by atoms with Gasteiger partial charge in [0, 0.05) is 0 Å². The lowest BCUT2D eigenvalue weighted by molar-refractivity contribution is -0.143. The van der Waals surface area contributed by atoms with Gasteiger partial charge in [0.2, 0.25) is 5.91 Å². The Balaban J connectivity index is 4.44. The molecule has 0 aromatic heterocycles. The lowest BCUT2D eigenvalue weighted by Gasteiger charge is -2.18. The minimum absolute atomic E-state index is 0.192. The number of rotatable bonds is 5. The van der Waals surface area contributed by atoms with Crippen LogP contribution in [0.3, 0.4) is 0 Å². The highest BCUT2D eigenvalue weighted by molar-refractivity contribution is 6.31. The van der Waals surface area contributed by atoms with Crippen molar-refractivity contribution in [3.8, 4) is 0 Å². The van der Waals surface area contributed by atoms with E-state index in [1.165, 1.54) is 14.0 Å². The Kier molecular flexibility index (Phi) is 7.35. The van der Waals surface area contributed by atoms with Crippen molar-refractivity contribution >= 4 is 29.5 Å². The zero-order chi connectivity index (χ0) is 14.3. The molecule has 0 radical (unpaired) electrons. The molecule has 6 nitrogen and oxygen atoms in total. The fraction of sp³-hybridized carbons (Fsp3) is 0.727. The Labute approximate surface area is 111 Å². The molecule has 0 heterocycles. The first-order valence-electron chi connectivity index (χ1n) is 5.61. The number of alkyl halides is 1. The van der Waals surface area contributed by atoms with E-state index in [4.69, 9.17) is 11.6 Å². The topological polar surface area (TPSA) is 84.5 Å². The second kappa shape index (κ2) is 7.92. The van der Waals surface area contributed by atoms with Gasteiger partial charge in [0.05, 0.1) is 7.11 Å². The molecule has 0 aliphatic rings. The first kappa shape index (κ1) is 16.7. The summed E-state index contributed by atoms with van der Waals surface area (Å²) >= 11 is 5.50. The van der Waals surface area contributed by atoms with Crippen molar-refractivity contribution in [1.82, 2.24) is 10.6 Å². The van der Waals surface area contributed by atoms with Crippen molar-refractivity contribution in [3.05, 3.63) is 0 Å². The fourth-order valence-electron chi connectivity index (χ4n) is 1.23. The SMILES string of the molecule is COC(=O)C(CC(C)C)NC(=O)NC(=O)C(C)Cl. The third kappa shape index (κ3) is 6.44. The first-order valence-corrected chi connectivity index (χ1v) is 6.04. The Morgan fingerprint density at radius 1 is 1.22 bits per heavy atom. The van der Waals surface area contributed by atoms with Crippen LogP contribution in [0, 0.1) is 5.92 Å². The maximum atomic E-state index is 11.5. The molecule has 18 heavy (non-hydrogen) atoms. The zero-order valence-corrected chi connectivity index (χ0v) is 11.7. The molecule has 0 aliphatic carbocycles. The number of esters is 1. The number of hydrogen-bond donors (Lipinski definition) is 2. The van der Waals surface area contributed by atoms with E-state index in [2.05, 4.69) is 10.1 Å². The van der Waals surface area contributed by atoms with Gasteiger partial charge in [0.1, 0.15) is 11.4 Å². The highest BCUT2D eigenvalue weighted by atomic mass is 35.5. The average Bonchev–Trinajstić information content (AvgIpc) is 2.26. The summed E-state index contributed by atoms with van der Waals surface area (Å²) in [6, 6.07) is -1.54. The number of hydrogen-bond acceptors (Lipinski definition) is 4. The molecule has 104 valence electrons. The maximum Gasteiger partial charge on any atom is 0.328 e. The minimum Gasteiger partial charge on any atom is -0.467 e. The second-order valence-corrected chi connectivity index (χ2v) is 4.94. The van der Waals surface area contributed by atoms with Gasteiger partial charge in [-0.2, -0.15) is 0 Å². The molecule has 7 heteroatoms. The molecule has 0 saturated heterocycles. The summed E-state index contributed by atoms with van der Waals surface area (Å²) in [6.07, 6.45) is 0.421. The third-order valence-corrected chi connectivity index (χ3v) is 2.29. The summed E-state index contributed by atoms with van der Waals surface area (Å²) in [7, 11) is 1.24. The molecule has 2 N–H and O–H groups in total. The number of nitrogens with one attached hydrogen (secondary N) is 2. The number of urea groups is 1. The van der Waals surface area contributed by atoms with Crippen LogP contribution in [-0.2, 0) is 14.3 Å². The van der Waals surface area contributed by atoms with Crippen molar-refractivity contribution < 1.29 is 19.1 Å². The molecule has 0 rings (SSSR count). The van der Waals surface area contributed by atoms with Crippen LogP contribution in [0.15, 0.2) is 0 Å². The number of carbonyl (C=O) groups excluding carboxylic acids is 3. The van der Waals surface area contributed by atoms with Crippen LogP contribution in [0.1, 0.15) is 27.2 Å². The average molecular weight is 279 g/mol. The molecule has 2 unspecified atom stereocenters. The smallest absolute Gasteiger partial charge is 0.328 e. The molecular formula is C11H19ClN2O4. The van der Waals surface area contributed by atoms with Gasteiger partial charge < -0.3 is 10.1 Å². The molecule has 0 aromatic rings. The predicted octanol–water partition coefficient (Wildman–Crippen LogP) is 1.03. The molecule has 0 saturated carbocycles. The van der Waals surface area contributed by atoms with Gasteiger partial charge in [-0.25, -0.2) is 9.59 Å². The molecule has 3 amide bonds. The maximum absolute atomic E-state index is 11.5. The fourth-order valence-corrected chi connectivity index (χ4v) is 1.29. The van der Waals surface area contributed by atoms with E-state index >= 15 is 0 Å². The van der Waals surface area contributed by atoms with Crippen LogP contribution in [0.4, 0.5) is 4.79 Å². The summed E-state index contributed by atoms with van der Waals surface area (Å²) in [4.78, 5) is 34.1. The third-order valence-electron chi connectivity index (χ3n) is 2.10. The molecule has 0 aromatic carbocycles. The lowest BCUT2D eigenvalue weighted by atomic mass is 10.0. The van der Waals surface area contributed by atoms with Crippen LogP contribution >= 0.6 is 11.6 Å². The van der Waals surface area contributed by atoms with E-state index < -0.39 is 29.3 Å². The minimum atomic E-state index is -0.822.